The van der Waals surface area contributed by atoms with E-state index in [0.717, 1.165) is 11.1 Å². The van der Waals surface area contributed by atoms with E-state index in [2.05, 4.69) is 6.07 Å². The number of thiophene rings is 1. The lowest BCUT2D eigenvalue weighted by Crippen LogP contribution is -2.16. The van der Waals surface area contributed by atoms with Crippen LogP contribution in [0.3, 0.4) is 0 Å². The minimum atomic E-state index is -0.699. The van der Waals surface area contributed by atoms with Crippen LogP contribution in [0.2, 0.25) is 0 Å². The molecule has 0 bridgehead atoms. The molecule has 1 atom stereocenters. The molecule has 0 aliphatic carbocycles. The van der Waals surface area contributed by atoms with E-state index >= 15 is 0 Å². The molecule has 2 rings (SSSR count). The molecular weight excluding hydrogens is 288 g/mol. The highest BCUT2D eigenvalue weighted by Gasteiger charge is 2.23. The highest BCUT2D eigenvalue weighted by molar-refractivity contribution is 7.16. The number of benzene rings is 1. The predicted molar refractivity (Wildman–Crippen MR) is 84.9 cm³/mol. The predicted octanol–water partition coefficient (Wildman–Crippen LogP) is 3.65. The van der Waals surface area contributed by atoms with Gasteiger partial charge in [-0.15, -0.1) is 11.3 Å². The second-order valence-corrected chi connectivity index (χ2v) is 6.18. The minimum Gasteiger partial charge on any atom is -0.388 e. The van der Waals surface area contributed by atoms with Crippen molar-refractivity contribution in [2.45, 2.75) is 26.5 Å². The standard InChI is InChI=1S/C15H18N2O3S/c1-10-5-4-6-12(7-10)9-16(3)15-13(17(19)20)8-14(21-15)11(2)18/h4-8,11,18H,9H2,1-3H3/t11-/m1/s1. The summed E-state index contributed by atoms with van der Waals surface area (Å²) in [5.41, 5.74) is 2.30. The normalized spacial score (nSPS) is 12.2. The van der Waals surface area contributed by atoms with Crippen molar-refractivity contribution >= 4 is 22.0 Å². The van der Waals surface area contributed by atoms with E-state index in [4.69, 9.17) is 0 Å². The first-order valence-corrected chi connectivity index (χ1v) is 7.43. The van der Waals surface area contributed by atoms with Crippen LogP contribution < -0.4 is 4.90 Å². The molecule has 1 aromatic heterocycles. The summed E-state index contributed by atoms with van der Waals surface area (Å²) < 4.78 is 0. The first-order chi connectivity index (χ1) is 9.88. The molecule has 0 spiro atoms. The van der Waals surface area contributed by atoms with Crippen LogP contribution in [0.4, 0.5) is 10.7 Å². The molecule has 112 valence electrons. The third-order valence-corrected chi connectivity index (χ3v) is 4.58. The van der Waals surface area contributed by atoms with E-state index in [1.54, 1.807) is 6.92 Å². The number of nitro groups is 1. The Balaban J connectivity index is 2.29. The lowest BCUT2D eigenvalue weighted by Gasteiger charge is -2.17. The summed E-state index contributed by atoms with van der Waals surface area (Å²) in [6.45, 7) is 4.21. The van der Waals surface area contributed by atoms with Crippen LogP contribution in [0.25, 0.3) is 0 Å². The minimum absolute atomic E-state index is 0.0473. The van der Waals surface area contributed by atoms with Gasteiger partial charge in [0.1, 0.15) is 0 Å². The average molecular weight is 306 g/mol. The van der Waals surface area contributed by atoms with E-state index in [1.807, 2.05) is 37.1 Å². The summed E-state index contributed by atoms with van der Waals surface area (Å²) in [4.78, 5) is 13.2. The molecular formula is C15H18N2O3S. The molecule has 0 unspecified atom stereocenters. The fourth-order valence-corrected chi connectivity index (χ4v) is 3.18. The van der Waals surface area contributed by atoms with Crippen molar-refractivity contribution in [3.63, 3.8) is 0 Å². The van der Waals surface area contributed by atoms with E-state index in [1.165, 1.54) is 17.4 Å². The number of aliphatic hydroxyl groups is 1. The summed E-state index contributed by atoms with van der Waals surface area (Å²) in [7, 11) is 1.83. The summed E-state index contributed by atoms with van der Waals surface area (Å²) in [6.07, 6.45) is -0.699. The molecule has 0 aliphatic heterocycles. The zero-order valence-corrected chi connectivity index (χ0v) is 13.1. The number of anilines is 1. The van der Waals surface area contributed by atoms with Crippen LogP contribution in [0.1, 0.15) is 29.0 Å². The fourth-order valence-electron chi connectivity index (χ4n) is 2.16. The monoisotopic (exact) mass is 306 g/mol. The van der Waals surface area contributed by atoms with Gasteiger partial charge in [0.05, 0.1) is 11.0 Å². The van der Waals surface area contributed by atoms with Gasteiger partial charge in [0.25, 0.3) is 0 Å². The van der Waals surface area contributed by atoms with Crippen molar-refractivity contribution in [1.82, 2.24) is 0 Å². The molecule has 0 radical (unpaired) electrons. The average Bonchev–Trinajstić information content (AvgIpc) is 2.84. The molecule has 21 heavy (non-hydrogen) atoms. The second-order valence-electron chi connectivity index (χ2n) is 5.12. The van der Waals surface area contributed by atoms with Crippen molar-refractivity contribution in [1.29, 1.82) is 0 Å². The zero-order chi connectivity index (χ0) is 15.6. The van der Waals surface area contributed by atoms with Crippen LogP contribution in [-0.4, -0.2) is 17.1 Å². The fraction of sp³-hybridized carbons (Fsp3) is 0.333. The van der Waals surface area contributed by atoms with E-state index in [9.17, 15) is 15.2 Å². The quantitative estimate of drug-likeness (QED) is 0.676. The van der Waals surface area contributed by atoms with E-state index in [-0.39, 0.29) is 5.69 Å². The lowest BCUT2D eigenvalue weighted by atomic mass is 10.1. The topological polar surface area (TPSA) is 66.6 Å². The molecule has 6 heteroatoms. The number of rotatable bonds is 5. The van der Waals surface area contributed by atoms with Gasteiger partial charge in [0.15, 0.2) is 5.00 Å². The van der Waals surface area contributed by atoms with Gasteiger partial charge in [-0.25, -0.2) is 0 Å². The second kappa shape index (κ2) is 6.24. The van der Waals surface area contributed by atoms with Gasteiger partial charge in [-0.2, -0.15) is 0 Å². The largest absolute Gasteiger partial charge is 0.388 e. The number of aryl methyl sites for hydroxylation is 1. The van der Waals surface area contributed by atoms with Gasteiger partial charge >= 0.3 is 5.69 Å². The molecule has 0 fully saturated rings. The first-order valence-electron chi connectivity index (χ1n) is 6.61. The summed E-state index contributed by atoms with van der Waals surface area (Å²) in [5.74, 6) is 0. The SMILES string of the molecule is Cc1cccc(CN(C)c2sc([C@@H](C)O)cc2[N+](=O)[O-])c1. The highest BCUT2D eigenvalue weighted by Crippen LogP contribution is 2.40. The number of aliphatic hydroxyl groups excluding tert-OH is 1. The van der Waals surface area contributed by atoms with Crippen molar-refractivity contribution in [3.05, 3.63) is 56.5 Å². The number of hydrogen-bond acceptors (Lipinski definition) is 5. The Morgan fingerprint density at radius 3 is 2.71 bits per heavy atom. The zero-order valence-electron chi connectivity index (χ0n) is 12.2. The van der Waals surface area contributed by atoms with Gasteiger partial charge in [0.2, 0.25) is 0 Å². The Kier molecular flexibility index (Phi) is 4.59. The van der Waals surface area contributed by atoms with Gasteiger partial charge in [-0.05, 0) is 19.4 Å². The maximum atomic E-state index is 11.2. The maximum absolute atomic E-state index is 11.2. The van der Waals surface area contributed by atoms with E-state index < -0.39 is 11.0 Å². The maximum Gasteiger partial charge on any atom is 0.304 e. The number of nitrogens with zero attached hydrogens (tertiary/aromatic N) is 2. The molecule has 1 aromatic carbocycles. The highest BCUT2D eigenvalue weighted by atomic mass is 32.1. The summed E-state index contributed by atoms with van der Waals surface area (Å²) >= 11 is 1.26. The third kappa shape index (κ3) is 3.59. The first kappa shape index (κ1) is 15.5. The molecule has 0 aliphatic rings. The van der Waals surface area contributed by atoms with Gasteiger partial charge in [-0.3, -0.25) is 10.1 Å². The lowest BCUT2D eigenvalue weighted by molar-refractivity contribution is -0.383. The van der Waals surface area contributed by atoms with Crippen molar-refractivity contribution in [2.24, 2.45) is 0 Å². The Hall–Kier alpha value is -1.92. The van der Waals surface area contributed by atoms with Gasteiger partial charge in [0, 0.05) is 24.5 Å². The van der Waals surface area contributed by atoms with Crippen LogP contribution in [0.5, 0.6) is 0 Å². The summed E-state index contributed by atoms with van der Waals surface area (Å²) in [5, 5.41) is 21.4. The molecule has 0 saturated carbocycles. The van der Waals surface area contributed by atoms with Crippen molar-refractivity contribution in [2.75, 3.05) is 11.9 Å². The van der Waals surface area contributed by atoms with Crippen LogP contribution >= 0.6 is 11.3 Å². The third-order valence-electron chi connectivity index (χ3n) is 3.17. The molecule has 5 nitrogen and oxygen atoms in total. The van der Waals surface area contributed by atoms with Crippen molar-refractivity contribution < 1.29 is 10.0 Å². The smallest absolute Gasteiger partial charge is 0.304 e. The molecule has 0 amide bonds. The number of hydrogen-bond donors (Lipinski definition) is 1. The molecule has 1 heterocycles. The summed E-state index contributed by atoms with van der Waals surface area (Å²) in [6, 6.07) is 9.51. The Morgan fingerprint density at radius 1 is 1.43 bits per heavy atom. The molecule has 2 aromatic rings. The Labute approximate surface area is 127 Å². The molecule has 1 N–H and O–H groups in total. The van der Waals surface area contributed by atoms with Gasteiger partial charge in [-0.1, -0.05) is 29.8 Å². The molecule has 0 saturated heterocycles. The van der Waals surface area contributed by atoms with Crippen molar-refractivity contribution in [3.8, 4) is 0 Å². The van der Waals surface area contributed by atoms with Gasteiger partial charge < -0.3 is 10.0 Å². The van der Waals surface area contributed by atoms with Crippen LogP contribution in [0, 0.1) is 17.0 Å². The van der Waals surface area contributed by atoms with E-state index in [0.29, 0.717) is 16.4 Å². The van der Waals surface area contributed by atoms with Crippen LogP contribution in [0.15, 0.2) is 30.3 Å². The Bertz CT molecular complexity index is 652. The van der Waals surface area contributed by atoms with Crippen LogP contribution in [-0.2, 0) is 6.54 Å². The Morgan fingerprint density at radius 2 is 2.14 bits per heavy atom.